The fourth-order valence-corrected chi connectivity index (χ4v) is 1.69. The zero-order valence-corrected chi connectivity index (χ0v) is 8.57. The first-order valence-corrected chi connectivity index (χ1v) is 5.03. The van der Waals surface area contributed by atoms with Crippen LogP contribution in [0.4, 0.5) is 17.6 Å². The van der Waals surface area contributed by atoms with E-state index in [2.05, 4.69) is 10.6 Å². The van der Waals surface area contributed by atoms with E-state index in [1.165, 1.54) is 0 Å². The predicted molar refractivity (Wildman–Crippen MR) is 49.4 cm³/mol. The minimum Gasteiger partial charge on any atom is -0.314 e. The van der Waals surface area contributed by atoms with Gasteiger partial charge in [0, 0.05) is 6.04 Å². The Morgan fingerprint density at radius 1 is 1.47 bits per heavy atom. The van der Waals surface area contributed by atoms with Gasteiger partial charge in [-0.25, -0.2) is 8.78 Å². The molecule has 0 aliphatic carbocycles. The highest BCUT2D eigenvalue weighted by Crippen LogP contribution is 2.22. The molecule has 0 spiro atoms. The minimum atomic E-state index is -3.92. The van der Waals surface area contributed by atoms with E-state index >= 15 is 0 Å². The Labute approximate surface area is 86.4 Å². The molecular formula is C9H16F4N2. The van der Waals surface area contributed by atoms with Gasteiger partial charge in [-0.15, -0.1) is 0 Å². The smallest absolute Gasteiger partial charge is 0.314 e. The average Bonchev–Trinajstić information content (AvgIpc) is 2.51. The highest BCUT2D eigenvalue weighted by atomic mass is 19.3. The summed E-state index contributed by atoms with van der Waals surface area (Å²) < 4.78 is 48.6. The lowest BCUT2D eigenvalue weighted by Gasteiger charge is -2.19. The van der Waals surface area contributed by atoms with Crippen LogP contribution in [0.15, 0.2) is 0 Å². The quantitative estimate of drug-likeness (QED) is 0.696. The highest BCUT2D eigenvalue weighted by Gasteiger charge is 2.40. The summed E-state index contributed by atoms with van der Waals surface area (Å²) in [5.74, 6) is -3.67. The second-order valence-electron chi connectivity index (χ2n) is 3.98. The summed E-state index contributed by atoms with van der Waals surface area (Å²) >= 11 is 0. The molecule has 0 aromatic heterocycles. The van der Waals surface area contributed by atoms with Crippen LogP contribution in [0.3, 0.4) is 0 Å². The topological polar surface area (TPSA) is 24.1 Å². The summed E-state index contributed by atoms with van der Waals surface area (Å²) in [4.78, 5) is 0. The third kappa shape index (κ3) is 3.61. The largest absolute Gasteiger partial charge is 0.319 e. The molecule has 0 aromatic carbocycles. The van der Waals surface area contributed by atoms with Gasteiger partial charge in [0.05, 0.1) is 6.54 Å². The lowest BCUT2D eigenvalue weighted by atomic mass is 10.0. The molecule has 0 amide bonds. The molecule has 0 aromatic rings. The number of alkyl halides is 4. The molecule has 1 saturated heterocycles. The normalized spacial score (nSPS) is 27.6. The van der Waals surface area contributed by atoms with E-state index in [0.29, 0.717) is 6.54 Å². The van der Waals surface area contributed by atoms with Crippen LogP contribution < -0.4 is 10.6 Å². The van der Waals surface area contributed by atoms with Gasteiger partial charge in [-0.3, -0.25) is 0 Å². The monoisotopic (exact) mass is 228 g/mol. The van der Waals surface area contributed by atoms with Crippen molar-refractivity contribution in [1.29, 1.82) is 0 Å². The molecule has 1 aliphatic rings. The molecule has 0 radical (unpaired) electrons. The second-order valence-corrected chi connectivity index (χ2v) is 3.98. The summed E-state index contributed by atoms with van der Waals surface area (Å²) in [6.07, 6.45) is -2.70. The van der Waals surface area contributed by atoms with Crippen molar-refractivity contribution in [2.45, 2.75) is 31.7 Å². The standard InChI is InChI=1S/C9H16F4N2/c1-6-7(2-3-15-6)4-14-5-9(12,13)8(10)11/h6-8,14-15H,2-5H2,1H3. The average molecular weight is 228 g/mol. The van der Waals surface area contributed by atoms with Gasteiger partial charge in [0.25, 0.3) is 0 Å². The van der Waals surface area contributed by atoms with E-state index in [1.54, 1.807) is 0 Å². The van der Waals surface area contributed by atoms with Gasteiger partial charge in [0.1, 0.15) is 0 Å². The van der Waals surface area contributed by atoms with Crippen molar-refractivity contribution < 1.29 is 17.6 Å². The summed E-state index contributed by atoms with van der Waals surface area (Å²) in [7, 11) is 0. The second kappa shape index (κ2) is 5.12. The van der Waals surface area contributed by atoms with Crippen LogP contribution in [0.5, 0.6) is 0 Å². The molecule has 6 heteroatoms. The van der Waals surface area contributed by atoms with Crippen molar-refractivity contribution in [2.24, 2.45) is 5.92 Å². The number of hydrogen-bond donors (Lipinski definition) is 2. The van der Waals surface area contributed by atoms with Crippen LogP contribution >= 0.6 is 0 Å². The Balaban J connectivity index is 2.21. The SMILES string of the molecule is CC1NCCC1CNCC(F)(F)C(F)F. The van der Waals surface area contributed by atoms with Crippen LogP contribution in [0.1, 0.15) is 13.3 Å². The summed E-state index contributed by atoms with van der Waals surface area (Å²) in [5, 5.41) is 5.57. The molecule has 2 unspecified atom stereocenters. The Bertz CT molecular complexity index is 199. The maximum Gasteiger partial charge on any atom is 0.319 e. The van der Waals surface area contributed by atoms with Crippen LogP contribution in [-0.2, 0) is 0 Å². The van der Waals surface area contributed by atoms with E-state index < -0.39 is 18.9 Å². The van der Waals surface area contributed by atoms with Crippen molar-refractivity contribution in [3.05, 3.63) is 0 Å². The van der Waals surface area contributed by atoms with Gasteiger partial charge in [0.2, 0.25) is 0 Å². The molecular weight excluding hydrogens is 212 g/mol. The van der Waals surface area contributed by atoms with E-state index in [9.17, 15) is 17.6 Å². The molecule has 1 rings (SSSR count). The maximum atomic E-state index is 12.5. The molecule has 0 bridgehead atoms. The molecule has 0 saturated carbocycles. The van der Waals surface area contributed by atoms with Crippen LogP contribution in [-0.4, -0.2) is 38.0 Å². The minimum absolute atomic E-state index is 0.249. The summed E-state index contributed by atoms with van der Waals surface area (Å²) in [5.41, 5.74) is 0. The van der Waals surface area contributed by atoms with Crippen LogP contribution in [0, 0.1) is 5.92 Å². The lowest BCUT2D eigenvalue weighted by molar-refractivity contribution is -0.125. The Kier molecular flexibility index (Phi) is 4.33. The fraction of sp³-hybridized carbons (Fsp3) is 1.00. The Morgan fingerprint density at radius 3 is 2.60 bits per heavy atom. The predicted octanol–water partition coefficient (Wildman–Crippen LogP) is 1.47. The lowest BCUT2D eigenvalue weighted by Crippen LogP contribution is -2.41. The number of nitrogens with one attached hydrogen (secondary N) is 2. The zero-order valence-electron chi connectivity index (χ0n) is 8.57. The number of rotatable bonds is 5. The van der Waals surface area contributed by atoms with Gasteiger partial charge in [0.15, 0.2) is 0 Å². The fourth-order valence-electron chi connectivity index (χ4n) is 1.69. The Hall–Kier alpha value is -0.360. The van der Waals surface area contributed by atoms with Gasteiger partial charge < -0.3 is 10.6 Å². The van der Waals surface area contributed by atoms with Gasteiger partial charge in [-0.2, -0.15) is 8.78 Å². The first kappa shape index (κ1) is 12.7. The molecule has 1 fully saturated rings. The third-order valence-electron chi connectivity index (χ3n) is 2.78. The molecule has 2 atom stereocenters. The molecule has 2 N–H and O–H groups in total. The van der Waals surface area contributed by atoms with Gasteiger partial charge in [-0.1, -0.05) is 0 Å². The highest BCUT2D eigenvalue weighted by molar-refractivity contribution is 4.82. The number of halogens is 4. The van der Waals surface area contributed by atoms with Crippen molar-refractivity contribution in [2.75, 3.05) is 19.6 Å². The van der Waals surface area contributed by atoms with Crippen LogP contribution in [0.25, 0.3) is 0 Å². The molecule has 1 heterocycles. The molecule has 2 nitrogen and oxygen atoms in total. The van der Waals surface area contributed by atoms with E-state index in [4.69, 9.17) is 0 Å². The zero-order chi connectivity index (χ0) is 11.5. The number of hydrogen-bond acceptors (Lipinski definition) is 2. The first-order chi connectivity index (χ1) is 6.93. The molecule has 15 heavy (non-hydrogen) atoms. The summed E-state index contributed by atoms with van der Waals surface area (Å²) in [6, 6.07) is 0.262. The summed E-state index contributed by atoms with van der Waals surface area (Å²) in [6.45, 7) is 2.23. The maximum absolute atomic E-state index is 12.5. The first-order valence-electron chi connectivity index (χ1n) is 5.03. The van der Waals surface area contributed by atoms with E-state index in [-0.39, 0.29) is 12.0 Å². The Morgan fingerprint density at radius 2 is 2.13 bits per heavy atom. The van der Waals surface area contributed by atoms with Gasteiger partial charge in [-0.05, 0) is 32.4 Å². The molecule has 90 valence electrons. The van der Waals surface area contributed by atoms with Crippen molar-refractivity contribution in [3.63, 3.8) is 0 Å². The van der Waals surface area contributed by atoms with Crippen LogP contribution in [0.2, 0.25) is 0 Å². The van der Waals surface area contributed by atoms with E-state index in [1.807, 2.05) is 6.92 Å². The van der Waals surface area contributed by atoms with Crippen molar-refractivity contribution in [3.8, 4) is 0 Å². The third-order valence-corrected chi connectivity index (χ3v) is 2.78. The van der Waals surface area contributed by atoms with Crippen molar-refractivity contribution in [1.82, 2.24) is 10.6 Å². The van der Waals surface area contributed by atoms with Gasteiger partial charge >= 0.3 is 12.3 Å². The van der Waals surface area contributed by atoms with E-state index in [0.717, 1.165) is 13.0 Å². The van der Waals surface area contributed by atoms with Crippen molar-refractivity contribution >= 4 is 0 Å². The molecule has 1 aliphatic heterocycles.